The van der Waals surface area contributed by atoms with E-state index in [1.54, 1.807) is 43.5 Å². The minimum Gasteiger partial charge on any atom is -0.461 e. The lowest BCUT2D eigenvalue weighted by molar-refractivity contribution is 0.0629. The lowest BCUT2D eigenvalue weighted by atomic mass is 9.98. The maximum atomic E-state index is 12.2. The first-order valence-electron chi connectivity index (χ1n) is 15.2. The molecule has 0 radical (unpaired) electrons. The topological polar surface area (TPSA) is 169 Å². The number of carbonyl (C=O) groups is 1. The highest BCUT2D eigenvalue weighted by molar-refractivity contribution is 5.67. The van der Waals surface area contributed by atoms with Gasteiger partial charge in [0.1, 0.15) is 24.9 Å². The molecule has 6 rings (SSSR count). The fraction of sp³-hybridized carbons (Fsp3) is 0.452. The van der Waals surface area contributed by atoms with Crippen molar-refractivity contribution in [3.8, 4) is 34.8 Å². The van der Waals surface area contributed by atoms with Gasteiger partial charge >= 0.3 is 6.09 Å². The molecule has 4 aromatic heterocycles. The van der Waals surface area contributed by atoms with Gasteiger partial charge in [-0.05, 0) is 50.7 Å². The van der Waals surface area contributed by atoms with Gasteiger partial charge in [-0.1, -0.05) is 6.42 Å². The Balaban J connectivity index is 0.000000184. The average molecular weight is 632 g/mol. The molecule has 242 valence electrons. The number of hydrogen-bond donors (Lipinski definition) is 0. The smallest absolute Gasteiger partial charge is 0.409 e. The van der Waals surface area contributed by atoms with Crippen LogP contribution >= 0.6 is 0 Å². The van der Waals surface area contributed by atoms with Crippen molar-refractivity contribution in [3.63, 3.8) is 0 Å². The fourth-order valence-corrected chi connectivity index (χ4v) is 5.20. The third-order valence-corrected chi connectivity index (χ3v) is 7.78. The first kappa shape index (κ1) is 32.2. The standard InChI is InChI=1S/C16H19N5O4.C15H18N4O2/c1-20-14(22)8-13(12-5-6-17-10-18-12)19-15(20)25-11-4-3-7-21(9-11)16(23)24-2;1-19-14(20)9-13(12-7-8-16-10-17-12)18-15(19)21-11-5-3-2-4-6-11/h5-6,8,10-11H,3-4,7,9H2,1-2H3;7-11H,2-6H2,1H3. The van der Waals surface area contributed by atoms with Gasteiger partial charge in [-0.2, -0.15) is 9.97 Å². The molecule has 1 saturated carbocycles. The van der Waals surface area contributed by atoms with Crippen molar-refractivity contribution in [1.82, 2.24) is 43.9 Å². The molecule has 4 aromatic rings. The van der Waals surface area contributed by atoms with E-state index in [0.717, 1.165) is 25.7 Å². The van der Waals surface area contributed by atoms with Crippen molar-refractivity contribution in [2.75, 3.05) is 20.2 Å². The fourth-order valence-electron chi connectivity index (χ4n) is 5.20. The Labute approximate surface area is 265 Å². The maximum Gasteiger partial charge on any atom is 0.409 e. The van der Waals surface area contributed by atoms with Gasteiger partial charge in [0, 0.05) is 45.2 Å². The first-order chi connectivity index (χ1) is 22.3. The normalized spacial score (nSPS) is 16.6. The van der Waals surface area contributed by atoms with Crippen molar-refractivity contribution >= 4 is 6.09 Å². The molecular weight excluding hydrogens is 594 g/mol. The molecule has 0 aromatic carbocycles. The third kappa shape index (κ3) is 8.08. The molecular formula is C31H37N9O6. The molecule has 0 spiro atoms. The molecule has 2 aliphatic rings. The number of nitrogens with zero attached hydrogens (tertiary/aromatic N) is 9. The van der Waals surface area contributed by atoms with Crippen molar-refractivity contribution in [3.05, 3.63) is 70.0 Å². The van der Waals surface area contributed by atoms with E-state index in [0.29, 0.717) is 41.9 Å². The summed E-state index contributed by atoms with van der Waals surface area (Å²) >= 11 is 0. The summed E-state index contributed by atoms with van der Waals surface area (Å²) in [5, 5.41) is 0. The zero-order valence-electron chi connectivity index (χ0n) is 26.1. The molecule has 5 heterocycles. The molecule has 1 unspecified atom stereocenters. The Morgan fingerprint density at radius 3 is 1.76 bits per heavy atom. The number of carbonyl (C=O) groups excluding carboxylic acids is 1. The quantitative estimate of drug-likeness (QED) is 0.305. The van der Waals surface area contributed by atoms with Crippen LogP contribution in [0.4, 0.5) is 4.79 Å². The summed E-state index contributed by atoms with van der Waals surface area (Å²) in [6, 6.07) is 6.82. The lowest BCUT2D eigenvalue weighted by Crippen LogP contribution is -2.44. The van der Waals surface area contributed by atoms with Crippen molar-refractivity contribution in [1.29, 1.82) is 0 Å². The molecule has 1 amide bonds. The Morgan fingerprint density at radius 1 is 0.739 bits per heavy atom. The molecule has 1 aliphatic heterocycles. The van der Waals surface area contributed by atoms with Crippen LogP contribution in [-0.2, 0) is 18.8 Å². The van der Waals surface area contributed by atoms with Crippen LogP contribution in [0.5, 0.6) is 12.0 Å². The Kier molecular flexibility index (Phi) is 10.6. The van der Waals surface area contributed by atoms with Crippen molar-refractivity contribution in [2.24, 2.45) is 14.1 Å². The number of aromatic nitrogens is 8. The largest absolute Gasteiger partial charge is 0.461 e. The van der Waals surface area contributed by atoms with E-state index in [1.165, 1.54) is 60.3 Å². The lowest BCUT2D eigenvalue weighted by Gasteiger charge is -2.31. The highest BCUT2D eigenvalue weighted by Gasteiger charge is 2.26. The van der Waals surface area contributed by atoms with Crippen LogP contribution in [0, 0.1) is 0 Å². The summed E-state index contributed by atoms with van der Waals surface area (Å²) in [7, 11) is 4.62. The zero-order chi connectivity index (χ0) is 32.5. The number of amides is 1. The second-order valence-corrected chi connectivity index (χ2v) is 11.0. The summed E-state index contributed by atoms with van der Waals surface area (Å²) in [5.74, 6) is 0. The highest BCUT2D eigenvalue weighted by Crippen LogP contribution is 2.23. The van der Waals surface area contributed by atoms with Crippen LogP contribution in [0.15, 0.2) is 58.9 Å². The molecule has 2 fully saturated rings. The number of hydrogen-bond acceptors (Lipinski definition) is 12. The van der Waals surface area contributed by atoms with Gasteiger partial charge in [0.2, 0.25) is 0 Å². The van der Waals surface area contributed by atoms with E-state index in [4.69, 9.17) is 14.2 Å². The summed E-state index contributed by atoms with van der Waals surface area (Å²) in [6.07, 6.45) is 12.7. The van der Waals surface area contributed by atoms with Crippen molar-refractivity contribution < 1.29 is 19.0 Å². The molecule has 0 bridgehead atoms. The zero-order valence-corrected chi connectivity index (χ0v) is 26.1. The second kappa shape index (κ2) is 15.2. The van der Waals surface area contributed by atoms with Gasteiger partial charge in [0.25, 0.3) is 23.1 Å². The van der Waals surface area contributed by atoms with Gasteiger partial charge in [-0.15, -0.1) is 0 Å². The Morgan fingerprint density at radius 2 is 1.26 bits per heavy atom. The molecule has 0 N–H and O–H groups in total. The predicted molar refractivity (Wildman–Crippen MR) is 166 cm³/mol. The summed E-state index contributed by atoms with van der Waals surface area (Å²) < 4.78 is 19.4. The molecule has 1 aliphatic carbocycles. The highest BCUT2D eigenvalue weighted by atomic mass is 16.5. The van der Waals surface area contributed by atoms with Crippen LogP contribution in [-0.4, -0.2) is 82.4 Å². The number of piperidine rings is 1. The molecule has 15 nitrogen and oxygen atoms in total. The minimum absolute atomic E-state index is 0.149. The number of rotatable bonds is 6. The van der Waals surface area contributed by atoms with E-state index < -0.39 is 0 Å². The predicted octanol–water partition coefficient (Wildman–Crippen LogP) is 2.80. The van der Waals surface area contributed by atoms with Crippen LogP contribution in [0.1, 0.15) is 44.9 Å². The van der Waals surface area contributed by atoms with Crippen LogP contribution in [0.3, 0.4) is 0 Å². The molecule has 46 heavy (non-hydrogen) atoms. The first-order valence-corrected chi connectivity index (χ1v) is 15.2. The molecule has 1 saturated heterocycles. The molecule has 1 atom stereocenters. The summed E-state index contributed by atoms with van der Waals surface area (Å²) in [6.45, 7) is 1.01. The monoisotopic (exact) mass is 631 g/mol. The van der Waals surface area contributed by atoms with E-state index in [9.17, 15) is 14.4 Å². The van der Waals surface area contributed by atoms with E-state index in [1.807, 2.05) is 0 Å². The molecule has 15 heteroatoms. The third-order valence-electron chi connectivity index (χ3n) is 7.78. The van der Waals surface area contributed by atoms with Gasteiger partial charge in [0.15, 0.2) is 0 Å². The minimum atomic E-state index is -0.384. The number of methoxy groups -OCH3 is 1. The van der Waals surface area contributed by atoms with Crippen LogP contribution < -0.4 is 20.6 Å². The summed E-state index contributed by atoms with van der Waals surface area (Å²) in [5.41, 5.74) is 1.70. The van der Waals surface area contributed by atoms with Crippen LogP contribution in [0.25, 0.3) is 22.8 Å². The second-order valence-electron chi connectivity index (χ2n) is 11.0. The van der Waals surface area contributed by atoms with Gasteiger partial charge in [0.05, 0.1) is 36.4 Å². The Bertz CT molecular complexity index is 1730. The van der Waals surface area contributed by atoms with Gasteiger partial charge in [-0.3, -0.25) is 18.7 Å². The van der Waals surface area contributed by atoms with E-state index in [-0.39, 0.29) is 35.4 Å². The van der Waals surface area contributed by atoms with Gasteiger partial charge in [-0.25, -0.2) is 24.7 Å². The number of ether oxygens (including phenoxy) is 3. The van der Waals surface area contributed by atoms with E-state index >= 15 is 0 Å². The average Bonchev–Trinajstić information content (AvgIpc) is 3.10. The van der Waals surface area contributed by atoms with Crippen molar-refractivity contribution in [2.45, 2.75) is 57.2 Å². The Hall–Kier alpha value is -5.21. The van der Waals surface area contributed by atoms with Crippen LogP contribution in [0.2, 0.25) is 0 Å². The van der Waals surface area contributed by atoms with Gasteiger partial charge < -0.3 is 19.1 Å². The SMILES string of the molecule is COC(=O)N1CCCC(Oc2nc(-c3ccncn3)cc(=O)n2C)C1.Cn1c(OC2CCCCC2)nc(-c2ccncn2)cc1=O. The number of likely N-dealkylation sites (tertiary alicyclic amines) is 1. The van der Waals surface area contributed by atoms with E-state index in [2.05, 4.69) is 29.9 Å². The summed E-state index contributed by atoms with van der Waals surface area (Å²) in [4.78, 5) is 62.4. The maximum absolute atomic E-state index is 12.2.